The van der Waals surface area contributed by atoms with Crippen LogP contribution < -0.4 is 14.6 Å². The molecule has 1 heterocycles. The summed E-state index contributed by atoms with van der Waals surface area (Å²) in [6.07, 6.45) is 0. The van der Waals surface area contributed by atoms with Crippen molar-refractivity contribution in [1.82, 2.24) is 4.90 Å². The van der Waals surface area contributed by atoms with Crippen LogP contribution in [0, 0.1) is 0 Å². The summed E-state index contributed by atoms with van der Waals surface area (Å²) >= 11 is 3.55. The van der Waals surface area contributed by atoms with Gasteiger partial charge in [0.25, 0.3) is 0 Å². The molecule has 4 rings (SSSR count). The Kier molecular flexibility index (Phi) is 6.87. The van der Waals surface area contributed by atoms with Gasteiger partial charge in [0.2, 0.25) is 0 Å². The van der Waals surface area contributed by atoms with Crippen LogP contribution in [0.5, 0.6) is 5.75 Å². The largest absolute Gasteiger partial charge is 0.492 e. The molecule has 0 N–H and O–H groups in total. The summed E-state index contributed by atoms with van der Waals surface area (Å²) in [5.74, 6) is 0.811. The molecule has 0 radical (unpaired) electrons. The Morgan fingerprint density at radius 1 is 0.969 bits per heavy atom. The van der Waals surface area contributed by atoms with Gasteiger partial charge in [-0.3, -0.25) is 4.90 Å². The van der Waals surface area contributed by atoms with Crippen LogP contribution in [0.2, 0.25) is 0 Å². The van der Waals surface area contributed by atoms with Gasteiger partial charge >= 0.3 is 6.03 Å². The smallest absolute Gasteiger partial charge is 0.350 e. The first-order valence-electron chi connectivity index (χ1n) is 10.4. The lowest BCUT2D eigenvalue weighted by atomic mass is 10.1. The van der Waals surface area contributed by atoms with Crippen molar-refractivity contribution in [2.24, 2.45) is 5.10 Å². The fraction of sp³-hybridized carbons (Fsp3) is 0.200. The molecule has 1 aliphatic rings. The normalized spacial score (nSPS) is 14.0. The van der Waals surface area contributed by atoms with Gasteiger partial charge < -0.3 is 9.64 Å². The number of ether oxygens (including phenoxy) is 1. The maximum absolute atomic E-state index is 13.4. The first kappa shape index (κ1) is 22.0. The highest BCUT2D eigenvalue weighted by atomic mass is 79.9. The second-order valence-electron chi connectivity index (χ2n) is 7.69. The van der Waals surface area contributed by atoms with E-state index < -0.39 is 0 Å². The zero-order valence-electron chi connectivity index (χ0n) is 18.1. The van der Waals surface area contributed by atoms with Crippen molar-refractivity contribution >= 4 is 39.0 Å². The lowest BCUT2D eigenvalue weighted by Gasteiger charge is -2.33. The van der Waals surface area contributed by atoms with E-state index in [0.29, 0.717) is 18.8 Å². The van der Waals surface area contributed by atoms with Crippen LogP contribution in [0.25, 0.3) is 0 Å². The lowest BCUT2D eigenvalue weighted by molar-refractivity contribution is 0.251. The third kappa shape index (κ3) is 5.00. The van der Waals surface area contributed by atoms with Gasteiger partial charge in [-0.25, -0.2) is 4.79 Å². The molecule has 0 atom stereocenters. The van der Waals surface area contributed by atoms with Crippen molar-refractivity contribution in [3.05, 3.63) is 88.9 Å². The Bertz CT molecular complexity index is 1100. The average Bonchev–Trinajstić information content (AvgIpc) is 2.81. The van der Waals surface area contributed by atoms with E-state index >= 15 is 0 Å². The molecule has 0 aliphatic carbocycles. The monoisotopic (exact) mass is 492 g/mol. The van der Waals surface area contributed by atoms with Crippen LogP contribution in [-0.4, -0.2) is 50.4 Å². The van der Waals surface area contributed by atoms with Gasteiger partial charge in [-0.15, -0.1) is 0 Å². The van der Waals surface area contributed by atoms with Crippen LogP contribution in [0.3, 0.4) is 0 Å². The zero-order valence-corrected chi connectivity index (χ0v) is 19.7. The second kappa shape index (κ2) is 9.97. The van der Waals surface area contributed by atoms with Crippen LogP contribution in [0.4, 0.5) is 16.2 Å². The molecule has 0 saturated heterocycles. The number of halogens is 1. The minimum Gasteiger partial charge on any atom is -0.492 e. The number of urea groups is 1. The molecular formula is C25H25BrN4O2. The summed E-state index contributed by atoms with van der Waals surface area (Å²) in [5, 5.41) is 6.19. The highest BCUT2D eigenvalue weighted by molar-refractivity contribution is 9.10. The molecule has 2 amide bonds. The summed E-state index contributed by atoms with van der Waals surface area (Å²) in [6.45, 7) is 1.85. The third-order valence-corrected chi connectivity index (χ3v) is 5.75. The number of nitrogens with zero attached hydrogens (tertiary/aromatic N) is 4. The Morgan fingerprint density at radius 2 is 1.66 bits per heavy atom. The van der Waals surface area contributed by atoms with Gasteiger partial charge in [-0.2, -0.15) is 10.1 Å². The van der Waals surface area contributed by atoms with Crippen molar-refractivity contribution in [2.75, 3.05) is 43.7 Å². The minimum atomic E-state index is -0.199. The van der Waals surface area contributed by atoms with Crippen molar-refractivity contribution in [1.29, 1.82) is 0 Å². The van der Waals surface area contributed by atoms with Crippen LogP contribution in [0.15, 0.2) is 88.4 Å². The van der Waals surface area contributed by atoms with E-state index in [1.54, 1.807) is 4.90 Å². The van der Waals surface area contributed by atoms with E-state index in [-0.39, 0.29) is 6.03 Å². The number of hydrazone groups is 1. The fourth-order valence-corrected chi connectivity index (χ4v) is 3.81. The summed E-state index contributed by atoms with van der Waals surface area (Å²) < 4.78 is 6.61. The van der Waals surface area contributed by atoms with Gasteiger partial charge in [-0.05, 0) is 84.1 Å². The molecule has 3 aromatic carbocycles. The van der Waals surface area contributed by atoms with E-state index in [1.807, 2.05) is 93.0 Å². The Labute approximate surface area is 196 Å². The van der Waals surface area contributed by atoms with Gasteiger partial charge in [0.1, 0.15) is 12.4 Å². The van der Waals surface area contributed by atoms with Crippen molar-refractivity contribution < 1.29 is 9.53 Å². The summed E-state index contributed by atoms with van der Waals surface area (Å²) in [6, 6.07) is 24.9. The number of carbonyl (C=O) groups is 1. The first-order valence-corrected chi connectivity index (χ1v) is 11.2. The Balaban J connectivity index is 1.66. The average molecular weight is 493 g/mol. The van der Waals surface area contributed by atoms with Gasteiger partial charge in [0.05, 0.1) is 17.9 Å². The molecule has 0 unspecified atom stereocenters. The van der Waals surface area contributed by atoms with Crippen LogP contribution in [-0.2, 0) is 0 Å². The number of hydrogen-bond donors (Lipinski definition) is 0. The summed E-state index contributed by atoms with van der Waals surface area (Å²) in [5.41, 5.74) is 3.25. The molecule has 0 bridgehead atoms. The number of rotatable bonds is 7. The topological polar surface area (TPSA) is 48.4 Å². The van der Waals surface area contributed by atoms with E-state index in [2.05, 4.69) is 20.8 Å². The maximum Gasteiger partial charge on any atom is 0.350 e. The number of anilines is 2. The molecule has 0 aromatic heterocycles. The SMILES string of the molecule is CN(C)CCOc1ccc(C2=NN(c3ccccc3Br)C(=O)N(c3ccccc3)C2)cc1. The maximum atomic E-state index is 13.4. The molecular weight excluding hydrogens is 468 g/mol. The number of carbonyl (C=O) groups excluding carboxylic acids is 1. The summed E-state index contributed by atoms with van der Waals surface area (Å²) in [4.78, 5) is 17.2. The molecule has 3 aromatic rings. The van der Waals surface area contributed by atoms with E-state index in [4.69, 9.17) is 9.84 Å². The van der Waals surface area contributed by atoms with E-state index in [1.165, 1.54) is 5.01 Å². The lowest BCUT2D eigenvalue weighted by Crippen LogP contribution is -2.49. The number of likely N-dealkylation sites (N-methyl/N-ethyl adjacent to an activating group) is 1. The predicted octanol–water partition coefficient (Wildman–Crippen LogP) is 5.24. The highest BCUT2D eigenvalue weighted by Crippen LogP contribution is 2.31. The van der Waals surface area contributed by atoms with Crippen LogP contribution in [0.1, 0.15) is 5.56 Å². The second-order valence-corrected chi connectivity index (χ2v) is 8.54. The molecule has 6 nitrogen and oxygen atoms in total. The number of hydrogen-bond acceptors (Lipinski definition) is 4. The van der Waals surface area contributed by atoms with E-state index in [9.17, 15) is 4.79 Å². The number of benzene rings is 3. The van der Waals surface area contributed by atoms with Crippen LogP contribution >= 0.6 is 15.9 Å². The van der Waals surface area contributed by atoms with Gasteiger partial charge in [0, 0.05) is 16.7 Å². The Hall–Kier alpha value is -3.16. The fourth-order valence-electron chi connectivity index (χ4n) is 3.36. The molecule has 32 heavy (non-hydrogen) atoms. The molecule has 1 aliphatic heterocycles. The molecule has 0 saturated carbocycles. The van der Waals surface area contributed by atoms with Crippen molar-refractivity contribution in [2.45, 2.75) is 0 Å². The third-order valence-electron chi connectivity index (χ3n) is 5.08. The zero-order chi connectivity index (χ0) is 22.5. The molecule has 0 fully saturated rings. The number of amides is 2. The van der Waals surface area contributed by atoms with Gasteiger partial charge in [-0.1, -0.05) is 30.3 Å². The van der Waals surface area contributed by atoms with E-state index in [0.717, 1.165) is 33.7 Å². The number of para-hydroxylation sites is 2. The van der Waals surface area contributed by atoms with Gasteiger partial charge in [0.15, 0.2) is 0 Å². The molecule has 0 spiro atoms. The summed E-state index contributed by atoms with van der Waals surface area (Å²) in [7, 11) is 4.04. The Morgan fingerprint density at radius 3 is 2.34 bits per heavy atom. The quantitative estimate of drug-likeness (QED) is 0.453. The van der Waals surface area contributed by atoms with Crippen molar-refractivity contribution in [3.8, 4) is 5.75 Å². The minimum absolute atomic E-state index is 0.199. The first-order chi connectivity index (χ1) is 15.5. The molecule has 164 valence electrons. The standard InChI is InChI=1S/C25H25BrN4O2/c1-28(2)16-17-32-21-14-12-19(13-15-21)23-18-29(20-8-4-3-5-9-20)25(31)30(27-23)24-11-7-6-10-22(24)26/h3-15H,16-18H2,1-2H3. The van der Waals surface area contributed by atoms with Crippen molar-refractivity contribution in [3.63, 3.8) is 0 Å². The molecule has 7 heteroatoms. The predicted molar refractivity (Wildman–Crippen MR) is 133 cm³/mol. The highest BCUT2D eigenvalue weighted by Gasteiger charge is 2.31.